The predicted octanol–water partition coefficient (Wildman–Crippen LogP) is 3.24. The molecule has 0 aromatic carbocycles. The van der Waals surface area contributed by atoms with Crippen molar-refractivity contribution >= 4 is 22.6 Å². The highest BCUT2D eigenvalue weighted by molar-refractivity contribution is 8.16. The van der Waals surface area contributed by atoms with E-state index in [-0.39, 0.29) is 0 Å². The molecule has 4 heterocycles. The van der Waals surface area contributed by atoms with Crippen molar-refractivity contribution in [3.63, 3.8) is 0 Å². The van der Waals surface area contributed by atoms with Gasteiger partial charge in [-0.3, -0.25) is 9.56 Å². The molecule has 0 radical (unpaired) electrons. The van der Waals surface area contributed by atoms with Crippen LogP contribution in [0.5, 0.6) is 0 Å². The zero-order valence-corrected chi connectivity index (χ0v) is 14.7. The van der Waals surface area contributed by atoms with Crippen LogP contribution in [0.4, 0.5) is 0 Å². The molecule has 3 aliphatic rings. The number of aromatic nitrogens is 4. The van der Waals surface area contributed by atoms with Crippen molar-refractivity contribution in [2.45, 2.75) is 51.6 Å². The van der Waals surface area contributed by atoms with Crippen molar-refractivity contribution in [2.75, 3.05) is 0 Å². The molecule has 7 heteroatoms. The maximum atomic E-state index is 4.97. The number of amidine groups is 1. The summed E-state index contributed by atoms with van der Waals surface area (Å²) in [5.41, 5.74) is 4.92. The lowest BCUT2D eigenvalue weighted by Crippen LogP contribution is -2.38. The number of aromatic amines is 1. The van der Waals surface area contributed by atoms with Gasteiger partial charge in [0, 0.05) is 22.4 Å². The van der Waals surface area contributed by atoms with E-state index in [1.165, 1.54) is 47.8 Å². The summed E-state index contributed by atoms with van der Waals surface area (Å²) in [6.45, 7) is 4.27. The molecular weight excluding hydrogens is 320 g/mol. The number of hydrogen-bond donors (Lipinski definition) is 1. The SMILES string of the molecule is Cc1cc(C2=CSC3=N[C@H]4CCCC[C@@H]4N23)c(C)n1-c1ncn[nH]1. The minimum absolute atomic E-state index is 0.489. The first-order chi connectivity index (χ1) is 11.7. The van der Waals surface area contributed by atoms with Gasteiger partial charge < -0.3 is 4.90 Å². The van der Waals surface area contributed by atoms with Crippen LogP contribution in [0.2, 0.25) is 0 Å². The smallest absolute Gasteiger partial charge is 0.229 e. The van der Waals surface area contributed by atoms with Crippen LogP contribution in [0, 0.1) is 13.8 Å². The summed E-state index contributed by atoms with van der Waals surface area (Å²) in [6.07, 6.45) is 6.66. The second-order valence-corrected chi connectivity index (χ2v) is 7.59. The molecule has 1 fully saturated rings. The summed E-state index contributed by atoms with van der Waals surface area (Å²) in [6, 6.07) is 3.29. The van der Waals surface area contributed by atoms with Crippen LogP contribution in [0.3, 0.4) is 0 Å². The third-order valence-electron chi connectivity index (χ3n) is 5.36. The molecule has 1 saturated carbocycles. The van der Waals surface area contributed by atoms with Crippen molar-refractivity contribution in [2.24, 2.45) is 4.99 Å². The highest BCUT2D eigenvalue weighted by Crippen LogP contribution is 2.45. The Labute approximate surface area is 145 Å². The van der Waals surface area contributed by atoms with Crippen LogP contribution >= 0.6 is 11.8 Å². The summed E-state index contributed by atoms with van der Waals surface area (Å²) < 4.78 is 2.14. The van der Waals surface area contributed by atoms with E-state index in [1.54, 1.807) is 18.1 Å². The third-order valence-corrected chi connectivity index (χ3v) is 6.22. The maximum absolute atomic E-state index is 4.97. The fourth-order valence-electron chi connectivity index (χ4n) is 4.27. The quantitative estimate of drug-likeness (QED) is 0.912. The van der Waals surface area contributed by atoms with Crippen LogP contribution in [-0.2, 0) is 0 Å². The molecule has 1 N–H and O–H groups in total. The van der Waals surface area contributed by atoms with Crippen LogP contribution in [-0.4, -0.2) is 41.9 Å². The largest absolute Gasteiger partial charge is 0.315 e. The molecule has 1 aliphatic carbocycles. The minimum atomic E-state index is 0.489. The van der Waals surface area contributed by atoms with Gasteiger partial charge in [0.05, 0.1) is 17.8 Å². The number of H-pyrrole nitrogens is 1. The number of rotatable bonds is 2. The molecule has 124 valence electrons. The number of aryl methyl sites for hydroxylation is 1. The molecule has 2 aromatic heterocycles. The first kappa shape index (κ1) is 14.3. The number of hydrogen-bond acceptors (Lipinski definition) is 5. The number of aliphatic imine (C=N–C) groups is 1. The molecule has 0 amide bonds. The summed E-state index contributed by atoms with van der Waals surface area (Å²) >= 11 is 1.77. The van der Waals surface area contributed by atoms with Gasteiger partial charge >= 0.3 is 0 Å². The lowest BCUT2D eigenvalue weighted by molar-refractivity contribution is 0.305. The van der Waals surface area contributed by atoms with Gasteiger partial charge in [-0.1, -0.05) is 24.6 Å². The highest BCUT2D eigenvalue weighted by atomic mass is 32.2. The van der Waals surface area contributed by atoms with Gasteiger partial charge in [0.25, 0.3) is 0 Å². The van der Waals surface area contributed by atoms with Gasteiger partial charge in [0.1, 0.15) is 6.33 Å². The number of nitrogens with one attached hydrogen (secondary N) is 1. The molecule has 2 atom stereocenters. The number of nitrogens with zero attached hydrogens (tertiary/aromatic N) is 5. The number of thioether (sulfide) groups is 1. The Morgan fingerprint density at radius 2 is 2.12 bits per heavy atom. The predicted molar refractivity (Wildman–Crippen MR) is 96.1 cm³/mol. The highest BCUT2D eigenvalue weighted by Gasteiger charge is 2.42. The first-order valence-electron chi connectivity index (χ1n) is 8.53. The first-order valence-corrected chi connectivity index (χ1v) is 9.41. The summed E-state index contributed by atoms with van der Waals surface area (Å²) in [5, 5.41) is 10.4. The average molecular weight is 340 g/mol. The molecule has 24 heavy (non-hydrogen) atoms. The fraction of sp³-hybridized carbons (Fsp3) is 0.471. The van der Waals surface area contributed by atoms with Crippen molar-refractivity contribution in [3.05, 3.63) is 34.8 Å². The van der Waals surface area contributed by atoms with E-state index >= 15 is 0 Å². The standard InChI is InChI=1S/C17H20N6S/c1-10-7-12(11(2)22(10)16-18-9-19-21-16)15-8-24-17-20-13-5-3-4-6-14(13)23(15)17/h7-9,13-14H,3-6H2,1-2H3,(H,18,19,21)/t13-,14-/m0/s1. The molecule has 6 nitrogen and oxygen atoms in total. The Hall–Kier alpha value is -2.02. The van der Waals surface area contributed by atoms with Gasteiger partial charge in [-0.2, -0.15) is 10.1 Å². The number of fused-ring (bicyclic) bond motifs is 3. The van der Waals surface area contributed by atoms with Gasteiger partial charge in [-0.25, -0.2) is 5.10 Å². The minimum Gasteiger partial charge on any atom is -0.315 e. The molecule has 0 unspecified atom stereocenters. The van der Waals surface area contributed by atoms with E-state index in [2.05, 4.69) is 50.0 Å². The summed E-state index contributed by atoms with van der Waals surface area (Å²) in [4.78, 5) is 11.8. The van der Waals surface area contributed by atoms with Crippen molar-refractivity contribution in [3.8, 4) is 5.95 Å². The van der Waals surface area contributed by atoms with Crippen LogP contribution in [0.1, 0.15) is 42.6 Å². The van der Waals surface area contributed by atoms with E-state index in [0.717, 1.165) is 11.6 Å². The van der Waals surface area contributed by atoms with E-state index in [9.17, 15) is 0 Å². The van der Waals surface area contributed by atoms with Gasteiger partial charge in [-0.05, 0) is 32.8 Å². The molecule has 2 aromatic rings. The fourth-order valence-corrected chi connectivity index (χ4v) is 5.27. The average Bonchev–Trinajstić information content (AvgIpc) is 3.31. The van der Waals surface area contributed by atoms with Gasteiger partial charge in [0.15, 0.2) is 5.17 Å². The van der Waals surface area contributed by atoms with E-state index in [1.807, 2.05) is 0 Å². The Morgan fingerprint density at radius 3 is 2.96 bits per heavy atom. The Morgan fingerprint density at radius 1 is 1.25 bits per heavy atom. The topological polar surface area (TPSA) is 62.1 Å². The van der Waals surface area contributed by atoms with Gasteiger partial charge in [-0.15, -0.1) is 0 Å². The summed E-state index contributed by atoms with van der Waals surface area (Å²) in [7, 11) is 0. The van der Waals surface area contributed by atoms with Crippen LogP contribution < -0.4 is 0 Å². The third kappa shape index (κ3) is 1.94. The van der Waals surface area contributed by atoms with Crippen molar-refractivity contribution in [1.29, 1.82) is 0 Å². The molecule has 0 bridgehead atoms. The zero-order valence-electron chi connectivity index (χ0n) is 13.9. The second-order valence-electron chi connectivity index (χ2n) is 6.75. The lowest BCUT2D eigenvalue weighted by Gasteiger charge is -2.32. The second kappa shape index (κ2) is 5.24. The Bertz CT molecular complexity index is 847. The Balaban J connectivity index is 1.56. The van der Waals surface area contributed by atoms with Gasteiger partial charge in [0.2, 0.25) is 5.95 Å². The van der Waals surface area contributed by atoms with E-state index in [0.29, 0.717) is 12.1 Å². The molecule has 0 saturated heterocycles. The maximum Gasteiger partial charge on any atom is 0.229 e. The van der Waals surface area contributed by atoms with Crippen molar-refractivity contribution in [1.82, 2.24) is 24.6 Å². The van der Waals surface area contributed by atoms with Crippen molar-refractivity contribution < 1.29 is 0 Å². The van der Waals surface area contributed by atoms with E-state index in [4.69, 9.17) is 4.99 Å². The van der Waals surface area contributed by atoms with E-state index < -0.39 is 0 Å². The molecular formula is C17H20N6S. The molecule has 2 aliphatic heterocycles. The summed E-state index contributed by atoms with van der Waals surface area (Å²) in [5.74, 6) is 0.772. The zero-order chi connectivity index (χ0) is 16.3. The molecule has 5 rings (SSSR count). The van der Waals surface area contributed by atoms with Crippen LogP contribution in [0.15, 0.2) is 22.8 Å². The lowest BCUT2D eigenvalue weighted by atomic mass is 9.90. The normalized spacial score (nSPS) is 25.5. The monoisotopic (exact) mass is 340 g/mol. The Kier molecular flexibility index (Phi) is 3.13. The molecule has 0 spiro atoms. The van der Waals surface area contributed by atoms with Crippen LogP contribution in [0.25, 0.3) is 11.6 Å².